The minimum absolute atomic E-state index is 0.131. The molecule has 0 amide bonds. The standard InChI is InChI=1S/C13H16ClN3O3S/c1-4-17-9(2)13(8-15-17)21(18,19)16-11-7-10(14)5-6-12(11)20-3/h5-8,16H,4H2,1-3H3. The van der Waals surface area contributed by atoms with Gasteiger partial charge >= 0.3 is 0 Å². The number of anilines is 1. The maximum Gasteiger partial charge on any atom is 0.265 e. The Kier molecular flexibility index (Phi) is 4.43. The van der Waals surface area contributed by atoms with Gasteiger partial charge in [-0.25, -0.2) is 8.42 Å². The van der Waals surface area contributed by atoms with Crippen LogP contribution < -0.4 is 9.46 Å². The Balaban J connectivity index is 2.42. The summed E-state index contributed by atoms with van der Waals surface area (Å²) in [5.74, 6) is 0.392. The molecule has 1 aromatic heterocycles. The maximum absolute atomic E-state index is 12.5. The molecule has 0 unspecified atom stereocenters. The second kappa shape index (κ2) is 5.95. The highest BCUT2D eigenvalue weighted by atomic mass is 35.5. The summed E-state index contributed by atoms with van der Waals surface area (Å²) >= 11 is 5.90. The lowest BCUT2D eigenvalue weighted by atomic mass is 10.3. The molecule has 0 fully saturated rings. The Morgan fingerprint density at radius 1 is 1.43 bits per heavy atom. The van der Waals surface area contributed by atoms with Gasteiger partial charge in [-0.1, -0.05) is 11.6 Å². The average Bonchev–Trinajstić information content (AvgIpc) is 2.80. The van der Waals surface area contributed by atoms with Crippen LogP contribution in [-0.2, 0) is 16.6 Å². The fourth-order valence-electron chi connectivity index (χ4n) is 1.97. The molecule has 1 heterocycles. The number of aromatic nitrogens is 2. The molecule has 1 N–H and O–H groups in total. The van der Waals surface area contributed by atoms with E-state index in [1.165, 1.54) is 19.4 Å². The van der Waals surface area contributed by atoms with Gasteiger partial charge in [0.1, 0.15) is 10.6 Å². The topological polar surface area (TPSA) is 73.2 Å². The van der Waals surface area contributed by atoms with E-state index in [4.69, 9.17) is 16.3 Å². The van der Waals surface area contributed by atoms with Crippen molar-refractivity contribution in [1.82, 2.24) is 9.78 Å². The van der Waals surface area contributed by atoms with Crippen LogP contribution in [0.5, 0.6) is 5.75 Å². The SMILES string of the molecule is CCn1ncc(S(=O)(=O)Nc2cc(Cl)ccc2OC)c1C. The lowest BCUT2D eigenvalue weighted by molar-refractivity contribution is 0.417. The molecule has 2 rings (SSSR count). The van der Waals surface area contributed by atoms with Crippen molar-refractivity contribution >= 4 is 27.3 Å². The number of sulfonamides is 1. The quantitative estimate of drug-likeness (QED) is 0.915. The van der Waals surface area contributed by atoms with Crippen LogP contribution >= 0.6 is 11.6 Å². The van der Waals surface area contributed by atoms with Crippen molar-refractivity contribution in [3.8, 4) is 5.75 Å². The van der Waals surface area contributed by atoms with Gasteiger partial charge in [-0.05, 0) is 32.0 Å². The van der Waals surface area contributed by atoms with Gasteiger partial charge in [-0.2, -0.15) is 5.10 Å². The van der Waals surface area contributed by atoms with E-state index in [1.807, 2.05) is 6.92 Å². The smallest absolute Gasteiger partial charge is 0.265 e. The minimum Gasteiger partial charge on any atom is -0.495 e. The fourth-order valence-corrected chi connectivity index (χ4v) is 3.38. The number of benzene rings is 1. The molecular weight excluding hydrogens is 314 g/mol. The first-order chi connectivity index (χ1) is 9.89. The molecule has 8 heteroatoms. The molecule has 0 saturated heterocycles. The lowest BCUT2D eigenvalue weighted by Gasteiger charge is -2.12. The molecule has 0 bridgehead atoms. The summed E-state index contributed by atoms with van der Waals surface area (Å²) in [7, 11) is -2.29. The molecule has 1 aromatic carbocycles. The van der Waals surface area contributed by atoms with Crippen molar-refractivity contribution in [2.24, 2.45) is 0 Å². The number of methoxy groups -OCH3 is 1. The van der Waals surface area contributed by atoms with Crippen molar-refractivity contribution < 1.29 is 13.2 Å². The summed E-state index contributed by atoms with van der Waals surface area (Å²) in [4.78, 5) is 0.131. The van der Waals surface area contributed by atoms with Crippen LogP contribution in [0.25, 0.3) is 0 Å². The second-order valence-corrected chi connectivity index (χ2v) is 6.45. The molecule has 2 aromatic rings. The number of nitrogens with zero attached hydrogens (tertiary/aromatic N) is 2. The Morgan fingerprint density at radius 3 is 2.71 bits per heavy atom. The lowest BCUT2D eigenvalue weighted by Crippen LogP contribution is -2.14. The molecule has 6 nitrogen and oxygen atoms in total. The number of rotatable bonds is 5. The highest BCUT2D eigenvalue weighted by molar-refractivity contribution is 7.92. The number of ether oxygens (including phenoxy) is 1. The first kappa shape index (κ1) is 15.7. The van der Waals surface area contributed by atoms with Crippen molar-refractivity contribution in [3.05, 3.63) is 35.1 Å². The monoisotopic (exact) mass is 329 g/mol. The third-order valence-corrected chi connectivity index (χ3v) is 4.76. The Labute approximate surface area is 128 Å². The van der Waals surface area contributed by atoms with E-state index in [1.54, 1.807) is 23.7 Å². The van der Waals surface area contributed by atoms with Gasteiger partial charge in [-0.15, -0.1) is 0 Å². The fraction of sp³-hybridized carbons (Fsp3) is 0.308. The summed E-state index contributed by atoms with van der Waals surface area (Å²) in [5.41, 5.74) is 0.861. The zero-order valence-electron chi connectivity index (χ0n) is 11.9. The van der Waals surface area contributed by atoms with E-state index in [-0.39, 0.29) is 10.6 Å². The molecular formula is C13H16ClN3O3S. The number of nitrogens with one attached hydrogen (secondary N) is 1. The molecule has 0 aliphatic heterocycles. The van der Waals surface area contributed by atoms with Gasteiger partial charge in [0.25, 0.3) is 10.0 Å². The number of halogens is 1. The molecule has 0 aliphatic carbocycles. The van der Waals surface area contributed by atoms with Crippen molar-refractivity contribution in [3.63, 3.8) is 0 Å². The highest BCUT2D eigenvalue weighted by Gasteiger charge is 2.22. The number of hydrogen-bond donors (Lipinski definition) is 1. The zero-order valence-corrected chi connectivity index (χ0v) is 13.5. The predicted octanol–water partition coefficient (Wildman–Crippen LogP) is 2.67. The van der Waals surface area contributed by atoms with Crippen LogP contribution in [0.1, 0.15) is 12.6 Å². The van der Waals surface area contributed by atoms with Crippen molar-refractivity contribution in [2.75, 3.05) is 11.8 Å². The first-order valence-electron chi connectivity index (χ1n) is 6.27. The summed E-state index contributed by atoms with van der Waals surface area (Å²) in [6.45, 7) is 4.20. The van der Waals surface area contributed by atoms with Crippen LogP contribution in [0, 0.1) is 6.92 Å². The predicted molar refractivity (Wildman–Crippen MR) is 81.5 cm³/mol. The van der Waals surface area contributed by atoms with Crippen LogP contribution in [0.4, 0.5) is 5.69 Å². The normalized spacial score (nSPS) is 11.4. The van der Waals surface area contributed by atoms with E-state index in [9.17, 15) is 8.42 Å². The maximum atomic E-state index is 12.5. The summed E-state index contributed by atoms with van der Waals surface area (Å²) in [6, 6.07) is 4.72. The average molecular weight is 330 g/mol. The van der Waals surface area contributed by atoms with E-state index in [0.29, 0.717) is 23.0 Å². The third kappa shape index (κ3) is 3.14. The number of aryl methyl sites for hydroxylation is 1. The molecule has 114 valence electrons. The minimum atomic E-state index is -3.75. The van der Waals surface area contributed by atoms with Gasteiger partial charge in [0.2, 0.25) is 0 Å². The first-order valence-corrected chi connectivity index (χ1v) is 8.14. The molecule has 0 aliphatic rings. The number of hydrogen-bond acceptors (Lipinski definition) is 4. The van der Waals surface area contributed by atoms with E-state index >= 15 is 0 Å². The second-order valence-electron chi connectivity index (χ2n) is 4.36. The van der Waals surface area contributed by atoms with Crippen LogP contribution in [0.3, 0.4) is 0 Å². The van der Waals surface area contributed by atoms with Gasteiger partial charge in [0.05, 0.1) is 24.7 Å². The van der Waals surface area contributed by atoms with Crippen molar-refractivity contribution in [1.29, 1.82) is 0 Å². The van der Waals surface area contributed by atoms with Crippen LogP contribution in [0.15, 0.2) is 29.3 Å². The van der Waals surface area contributed by atoms with Gasteiger partial charge < -0.3 is 4.74 Å². The Bertz CT molecular complexity index is 756. The molecule has 0 radical (unpaired) electrons. The van der Waals surface area contributed by atoms with Crippen LogP contribution in [-0.4, -0.2) is 25.3 Å². The van der Waals surface area contributed by atoms with E-state index < -0.39 is 10.0 Å². The summed E-state index contributed by atoms with van der Waals surface area (Å²) < 4.78 is 34.2. The van der Waals surface area contributed by atoms with E-state index in [0.717, 1.165) is 0 Å². The van der Waals surface area contributed by atoms with Gasteiger partial charge in [0.15, 0.2) is 0 Å². The van der Waals surface area contributed by atoms with E-state index in [2.05, 4.69) is 9.82 Å². The Morgan fingerprint density at radius 2 is 2.14 bits per heavy atom. The molecule has 0 spiro atoms. The zero-order chi connectivity index (χ0) is 15.6. The summed E-state index contributed by atoms with van der Waals surface area (Å²) in [6.07, 6.45) is 1.33. The third-order valence-electron chi connectivity index (χ3n) is 3.05. The van der Waals surface area contributed by atoms with Gasteiger partial charge in [-0.3, -0.25) is 9.40 Å². The van der Waals surface area contributed by atoms with Crippen molar-refractivity contribution in [2.45, 2.75) is 25.3 Å². The highest BCUT2D eigenvalue weighted by Crippen LogP contribution is 2.30. The Hall–Kier alpha value is -1.73. The molecule has 0 saturated carbocycles. The largest absolute Gasteiger partial charge is 0.495 e. The molecule has 21 heavy (non-hydrogen) atoms. The van der Waals surface area contributed by atoms with Gasteiger partial charge in [0, 0.05) is 11.6 Å². The molecule has 0 atom stereocenters. The summed E-state index contributed by atoms with van der Waals surface area (Å²) in [5, 5.41) is 4.45. The van der Waals surface area contributed by atoms with Crippen LogP contribution in [0.2, 0.25) is 5.02 Å².